The van der Waals surface area contributed by atoms with Gasteiger partial charge in [0.25, 0.3) is 5.69 Å². The van der Waals surface area contributed by atoms with Crippen molar-refractivity contribution in [1.29, 1.82) is 0 Å². The van der Waals surface area contributed by atoms with E-state index in [9.17, 15) is 10.1 Å². The van der Waals surface area contributed by atoms with E-state index in [0.717, 1.165) is 16.8 Å². The predicted octanol–water partition coefficient (Wildman–Crippen LogP) is 6.10. The molecule has 0 aliphatic rings. The lowest BCUT2D eigenvalue weighted by Gasteiger charge is -2.15. The molecule has 0 aliphatic carbocycles. The Morgan fingerprint density at radius 1 is 1.03 bits per heavy atom. The number of rotatable bonds is 8. The monoisotopic (exact) mass is 432 g/mol. The molecule has 0 atom stereocenters. The maximum Gasteiger partial charge on any atom is 0.269 e. The minimum absolute atomic E-state index is 0.0419. The Hall–Kier alpha value is -2.96. The summed E-state index contributed by atoms with van der Waals surface area (Å²) in [4.78, 5) is 10.3. The van der Waals surface area contributed by atoms with Gasteiger partial charge in [-0.2, -0.15) is 0 Å². The normalized spacial score (nSPS) is 10.4. The van der Waals surface area contributed by atoms with E-state index < -0.39 is 4.92 Å². The molecule has 0 aromatic heterocycles. The first-order valence-corrected chi connectivity index (χ1v) is 9.44. The first kappa shape index (κ1) is 20.8. The van der Waals surface area contributed by atoms with Gasteiger partial charge in [0.1, 0.15) is 6.61 Å². The van der Waals surface area contributed by atoms with Crippen LogP contribution in [-0.2, 0) is 13.2 Å². The summed E-state index contributed by atoms with van der Waals surface area (Å²) in [6.07, 6.45) is 0. The molecule has 1 N–H and O–H groups in total. The predicted molar refractivity (Wildman–Crippen MR) is 114 cm³/mol. The van der Waals surface area contributed by atoms with E-state index >= 15 is 0 Å². The smallest absolute Gasteiger partial charge is 0.269 e. The Labute approximate surface area is 178 Å². The second-order valence-corrected chi connectivity index (χ2v) is 6.96. The zero-order chi connectivity index (χ0) is 20.8. The summed E-state index contributed by atoms with van der Waals surface area (Å²) >= 11 is 12.6. The molecule has 0 fully saturated rings. The van der Waals surface area contributed by atoms with Crippen LogP contribution >= 0.6 is 23.2 Å². The zero-order valence-corrected chi connectivity index (χ0v) is 17.0. The molecule has 8 heteroatoms. The van der Waals surface area contributed by atoms with Gasteiger partial charge in [-0.25, -0.2) is 0 Å². The van der Waals surface area contributed by atoms with Crippen LogP contribution in [-0.4, -0.2) is 12.0 Å². The molecule has 0 amide bonds. The molecule has 0 spiro atoms. The maximum absolute atomic E-state index is 10.7. The Bertz CT molecular complexity index is 1010. The quantitative estimate of drug-likeness (QED) is 0.343. The number of hydrogen-bond acceptors (Lipinski definition) is 5. The number of nitro benzene ring substituents is 1. The van der Waals surface area contributed by atoms with Gasteiger partial charge < -0.3 is 14.8 Å². The number of halogens is 2. The summed E-state index contributed by atoms with van der Waals surface area (Å²) < 4.78 is 11.3. The van der Waals surface area contributed by atoms with Crippen LogP contribution in [0.25, 0.3) is 0 Å². The van der Waals surface area contributed by atoms with Gasteiger partial charge in [0.2, 0.25) is 0 Å². The number of nitro groups is 1. The molecule has 29 heavy (non-hydrogen) atoms. The molecule has 0 unspecified atom stereocenters. The van der Waals surface area contributed by atoms with E-state index in [4.69, 9.17) is 32.7 Å². The highest BCUT2D eigenvalue weighted by atomic mass is 35.5. The Morgan fingerprint density at radius 3 is 2.41 bits per heavy atom. The molecule has 150 valence electrons. The van der Waals surface area contributed by atoms with Gasteiger partial charge in [-0.1, -0.05) is 41.4 Å². The third-order valence-electron chi connectivity index (χ3n) is 4.19. The number of nitrogens with zero attached hydrogens (tertiary/aromatic N) is 1. The van der Waals surface area contributed by atoms with E-state index in [1.165, 1.54) is 12.1 Å². The van der Waals surface area contributed by atoms with Gasteiger partial charge in [0, 0.05) is 35.0 Å². The van der Waals surface area contributed by atoms with Crippen molar-refractivity contribution in [3.8, 4) is 11.5 Å². The highest BCUT2D eigenvalue weighted by molar-refractivity contribution is 6.32. The van der Waals surface area contributed by atoms with Crippen LogP contribution < -0.4 is 14.8 Å². The number of non-ortho nitro benzene ring substituents is 1. The van der Waals surface area contributed by atoms with Crippen molar-refractivity contribution >= 4 is 34.6 Å². The third-order valence-corrected chi connectivity index (χ3v) is 4.84. The van der Waals surface area contributed by atoms with Gasteiger partial charge in [0.15, 0.2) is 11.5 Å². The second-order valence-electron chi connectivity index (χ2n) is 6.15. The van der Waals surface area contributed by atoms with Crippen LogP contribution in [0.15, 0.2) is 60.7 Å². The minimum atomic E-state index is -0.435. The summed E-state index contributed by atoms with van der Waals surface area (Å²) in [6.45, 7) is 0.717. The molecule has 0 bridgehead atoms. The summed E-state index contributed by atoms with van der Waals surface area (Å²) in [7, 11) is 1.54. The van der Waals surface area contributed by atoms with Gasteiger partial charge in [-0.15, -0.1) is 0 Å². The first-order valence-electron chi connectivity index (χ1n) is 8.69. The topological polar surface area (TPSA) is 73.6 Å². The lowest BCUT2D eigenvalue weighted by Crippen LogP contribution is -2.03. The molecule has 0 saturated heterocycles. The van der Waals surface area contributed by atoms with Crippen LogP contribution in [0, 0.1) is 10.1 Å². The fraction of sp³-hybridized carbons (Fsp3) is 0.143. The Kier molecular flexibility index (Phi) is 6.80. The first-order chi connectivity index (χ1) is 14.0. The van der Waals surface area contributed by atoms with E-state index in [1.807, 2.05) is 24.3 Å². The Morgan fingerprint density at radius 2 is 1.76 bits per heavy atom. The minimum Gasteiger partial charge on any atom is -0.493 e. The van der Waals surface area contributed by atoms with E-state index in [-0.39, 0.29) is 12.3 Å². The molecule has 0 saturated carbocycles. The SMILES string of the molecule is COc1cc(CNc2ccc([N+](=O)[O-])cc2)cc(Cl)c1OCc1ccccc1Cl. The number of nitrogens with one attached hydrogen (secondary N) is 1. The van der Waals surface area contributed by atoms with Gasteiger partial charge in [-0.3, -0.25) is 10.1 Å². The molecule has 3 rings (SSSR count). The van der Waals surface area contributed by atoms with Gasteiger partial charge in [0.05, 0.1) is 17.1 Å². The molecule has 3 aromatic rings. The number of ether oxygens (including phenoxy) is 2. The number of methoxy groups -OCH3 is 1. The molecule has 0 heterocycles. The van der Waals surface area contributed by atoms with Gasteiger partial charge >= 0.3 is 0 Å². The summed E-state index contributed by atoms with van der Waals surface area (Å²) in [5.74, 6) is 0.943. The number of hydrogen-bond donors (Lipinski definition) is 1. The van der Waals surface area contributed by atoms with E-state index in [2.05, 4.69) is 5.32 Å². The third kappa shape index (κ3) is 5.31. The van der Waals surface area contributed by atoms with Crippen molar-refractivity contribution in [2.24, 2.45) is 0 Å². The van der Waals surface area contributed by atoms with Crippen LogP contribution in [0.3, 0.4) is 0 Å². The van der Waals surface area contributed by atoms with Crippen molar-refractivity contribution in [3.63, 3.8) is 0 Å². The Balaban J connectivity index is 1.70. The maximum atomic E-state index is 10.7. The van der Waals surface area contributed by atoms with E-state index in [0.29, 0.717) is 28.1 Å². The fourth-order valence-electron chi connectivity index (χ4n) is 2.69. The van der Waals surface area contributed by atoms with Crippen molar-refractivity contribution in [2.45, 2.75) is 13.2 Å². The average Bonchev–Trinajstić information content (AvgIpc) is 2.72. The lowest BCUT2D eigenvalue weighted by molar-refractivity contribution is -0.384. The molecule has 6 nitrogen and oxygen atoms in total. The highest BCUT2D eigenvalue weighted by Crippen LogP contribution is 2.37. The van der Waals surface area contributed by atoms with Crippen molar-refractivity contribution in [1.82, 2.24) is 0 Å². The lowest BCUT2D eigenvalue weighted by atomic mass is 10.2. The van der Waals surface area contributed by atoms with Crippen molar-refractivity contribution in [2.75, 3.05) is 12.4 Å². The zero-order valence-electron chi connectivity index (χ0n) is 15.5. The molecular weight excluding hydrogens is 415 g/mol. The molecule has 0 radical (unpaired) electrons. The average molecular weight is 433 g/mol. The van der Waals surface area contributed by atoms with Crippen LogP contribution in [0.1, 0.15) is 11.1 Å². The number of anilines is 1. The highest BCUT2D eigenvalue weighted by Gasteiger charge is 2.13. The number of benzene rings is 3. The van der Waals surface area contributed by atoms with Crippen LogP contribution in [0.2, 0.25) is 10.0 Å². The van der Waals surface area contributed by atoms with Crippen LogP contribution in [0.5, 0.6) is 11.5 Å². The van der Waals surface area contributed by atoms with Gasteiger partial charge in [-0.05, 0) is 35.9 Å². The standard InChI is InChI=1S/C21H18Cl2N2O4/c1-28-20-11-14(12-24-16-6-8-17(9-7-16)25(26)27)10-19(23)21(20)29-13-15-4-2-3-5-18(15)22/h2-11,24H,12-13H2,1H3. The van der Waals surface area contributed by atoms with Crippen molar-refractivity contribution < 1.29 is 14.4 Å². The molecular formula is C21H18Cl2N2O4. The van der Waals surface area contributed by atoms with Crippen LogP contribution in [0.4, 0.5) is 11.4 Å². The molecule has 3 aromatic carbocycles. The summed E-state index contributed by atoms with van der Waals surface area (Å²) in [5, 5.41) is 15.0. The fourth-order valence-corrected chi connectivity index (χ4v) is 3.16. The van der Waals surface area contributed by atoms with E-state index in [1.54, 1.807) is 31.4 Å². The largest absolute Gasteiger partial charge is 0.493 e. The molecule has 0 aliphatic heterocycles. The second kappa shape index (κ2) is 9.49. The van der Waals surface area contributed by atoms with Crippen molar-refractivity contribution in [3.05, 3.63) is 92.0 Å². The summed E-state index contributed by atoms with van der Waals surface area (Å²) in [6, 6.07) is 17.2. The summed E-state index contributed by atoms with van der Waals surface area (Å²) in [5.41, 5.74) is 2.51.